The minimum absolute atomic E-state index is 0.0344. The van der Waals surface area contributed by atoms with Gasteiger partial charge in [-0.3, -0.25) is 14.2 Å². The molecular formula is C16H17N3O4. The number of carbonyl (C=O) groups is 2. The van der Waals surface area contributed by atoms with Crippen LogP contribution in [0.3, 0.4) is 0 Å². The van der Waals surface area contributed by atoms with Crippen molar-refractivity contribution in [1.82, 2.24) is 14.9 Å². The van der Waals surface area contributed by atoms with Crippen LogP contribution in [-0.2, 0) is 4.79 Å². The van der Waals surface area contributed by atoms with Gasteiger partial charge in [-0.05, 0) is 23.8 Å². The van der Waals surface area contributed by atoms with E-state index >= 15 is 0 Å². The van der Waals surface area contributed by atoms with E-state index in [1.54, 1.807) is 24.4 Å². The Morgan fingerprint density at radius 2 is 2.26 bits per heavy atom. The summed E-state index contributed by atoms with van der Waals surface area (Å²) in [4.78, 5) is 27.2. The maximum absolute atomic E-state index is 11.7. The Labute approximate surface area is 133 Å². The van der Waals surface area contributed by atoms with Crippen molar-refractivity contribution in [2.45, 2.75) is 6.42 Å². The zero-order valence-corrected chi connectivity index (χ0v) is 12.6. The van der Waals surface area contributed by atoms with Gasteiger partial charge in [0.15, 0.2) is 11.5 Å². The molecule has 0 bridgehead atoms. The molecule has 0 aliphatic carbocycles. The number of hydrogen-bond donors (Lipinski definition) is 2. The Balaban J connectivity index is 1.81. The summed E-state index contributed by atoms with van der Waals surface area (Å²) in [5, 5.41) is 12.1. The normalized spacial score (nSPS) is 10.7. The fourth-order valence-electron chi connectivity index (χ4n) is 1.86. The van der Waals surface area contributed by atoms with Gasteiger partial charge in [0.2, 0.25) is 11.8 Å². The van der Waals surface area contributed by atoms with Gasteiger partial charge in [0, 0.05) is 31.4 Å². The van der Waals surface area contributed by atoms with Gasteiger partial charge in [-0.15, -0.1) is 0 Å². The predicted molar refractivity (Wildman–Crippen MR) is 84.2 cm³/mol. The minimum Gasteiger partial charge on any atom is -0.504 e. The number of rotatable bonds is 6. The van der Waals surface area contributed by atoms with Gasteiger partial charge in [0.25, 0.3) is 0 Å². The zero-order valence-electron chi connectivity index (χ0n) is 12.6. The van der Waals surface area contributed by atoms with E-state index in [0.717, 1.165) is 0 Å². The number of phenolic OH excluding ortho intramolecular Hbond substituents is 1. The number of benzene rings is 1. The highest BCUT2D eigenvalue weighted by Crippen LogP contribution is 2.26. The van der Waals surface area contributed by atoms with Crippen molar-refractivity contribution in [2.75, 3.05) is 13.7 Å². The largest absolute Gasteiger partial charge is 0.504 e. The summed E-state index contributed by atoms with van der Waals surface area (Å²) in [5.74, 6) is -0.0869. The summed E-state index contributed by atoms with van der Waals surface area (Å²) in [5.41, 5.74) is 0.712. The van der Waals surface area contributed by atoms with Gasteiger partial charge in [-0.25, -0.2) is 4.98 Å². The molecule has 0 saturated carbocycles. The topological polar surface area (TPSA) is 93.5 Å². The van der Waals surface area contributed by atoms with Crippen LogP contribution in [-0.4, -0.2) is 40.1 Å². The fraction of sp³-hybridized carbons (Fsp3) is 0.188. The van der Waals surface area contributed by atoms with Crippen molar-refractivity contribution >= 4 is 17.9 Å². The summed E-state index contributed by atoms with van der Waals surface area (Å²) in [6.45, 7) is 0.235. The molecule has 0 fully saturated rings. The third kappa shape index (κ3) is 4.70. The predicted octanol–water partition coefficient (Wildman–Crippen LogP) is 1.46. The summed E-state index contributed by atoms with van der Waals surface area (Å²) in [6, 6.07) is 4.76. The molecule has 7 nitrogen and oxygen atoms in total. The van der Waals surface area contributed by atoms with Gasteiger partial charge < -0.3 is 15.2 Å². The van der Waals surface area contributed by atoms with Gasteiger partial charge >= 0.3 is 0 Å². The number of nitrogens with zero attached hydrogens (tertiary/aromatic N) is 2. The van der Waals surface area contributed by atoms with Crippen molar-refractivity contribution in [3.8, 4) is 11.5 Å². The molecule has 23 heavy (non-hydrogen) atoms. The van der Waals surface area contributed by atoms with Crippen molar-refractivity contribution in [2.24, 2.45) is 0 Å². The number of imidazole rings is 1. The van der Waals surface area contributed by atoms with Crippen LogP contribution in [0.2, 0.25) is 0 Å². The monoisotopic (exact) mass is 315 g/mol. The smallest absolute Gasteiger partial charge is 0.244 e. The maximum Gasteiger partial charge on any atom is 0.244 e. The van der Waals surface area contributed by atoms with Crippen molar-refractivity contribution in [1.29, 1.82) is 0 Å². The standard InChI is InChI=1S/C16H17N3O4/c1-23-14-10-12(2-4-13(14)20)3-5-15(21)18-7-6-16(22)19-9-8-17-11-19/h2-5,8-11,20H,6-7H2,1H3,(H,18,21). The molecule has 0 spiro atoms. The second-order valence-electron chi connectivity index (χ2n) is 4.67. The van der Waals surface area contributed by atoms with E-state index in [0.29, 0.717) is 11.3 Å². The number of methoxy groups -OCH3 is 1. The Morgan fingerprint density at radius 3 is 2.96 bits per heavy atom. The quantitative estimate of drug-likeness (QED) is 0.787. The van der Waals surface area contributed by atoms with E-state index in [-0.39, 0.29) is 30.5 Å². The molecule has 0 saturated heterocycles. The number of carbonyl (C=O) groups excluding carboxylic acids is 2. The summed E-state index contributed by atoms with van der Waals surface area (Å²) in [6.07, 6.45) is 7.63. The van der Waals surface area contributed by atoms with Gasteiger partial charge in [-0.2, -0.15) is 0 Å². The Hall–Kier alpha value is -3.09. The van der Waals surface area contributed by atoms with Crippen molar-refractivity contribution in [3.05, 3.63) is 48.6 Å². The molecule has 0 atom stereocenters. The molecule has 2 rings (SSSR count). The molecule has 7 heteroatoms. The average Bonchev–Trinajstić information content (AvgIpc) is 3.08. The number of aromatic hydroxyl groups is 1. The van der Waals surface area contributed by atoms with E-state index in [4.69, 9.17) is 4.74 Å². The lowest BCUT2D eigenvalue weighted by molar-refractivity contribution is -0.116. The van der Waals surface area contributed by atoms with E-state index in [2.05, 4.69) is 10.3 Å². The molecule has 2 N–H and O–H groups in total. The number of phenols is 1. The van der Waals surface area contributed by atoms with E-state index in [1.165, 1.54) is 36.3 Å². The summed E-state index contributed by atoms with van der Waals surface area (Å²) < 4.78 is 6.36. The van der Waals surface area contributed by atoms with Crippen LogP contribution in [0.1, 0.15) is 16.8 Å². The minimum atomic E-state index is -0.310. The molecule has 1 aromatic carbocycles. The first-order valence-corrected chi connectivity index (χ1v) is 6.94. The first kappa shape index (κ1) is 16.3. The van der Waals surface area contributed by atoms with Gasteiger partial charge in [0.1, 0.15) is 6.33 Å². The van der Waals surface area contributed by atoms with E-state index in [9.17, 15) is 14.7 Å². The number of ether oxygens (including phenoxy) is 1. The van der Waals surface area contributed by atoms with Crippen LogP contribution in [0.5, 0.6) is 11.5 Å². The maximum atomic E-state index is 11.7. The van der Waals surface area contributed by atoms with Crippen LogP contribution >= 0.6 is 0 Å². The average molecular weight is 315 g/mol. The molecule has 1 aromatic heterocycles. The molecule has 0 unspecified atom stereocenters. The highest BCUT2D eigenvalue weighted by Gasteiger charge is 2.04. The van der Waals surface area contributed by atoms with E-state index in [1.807, 2.05) is 0 Å². The molecule has 0 aliphatic heterocycles. The third-order valence-corrected chi connectivity index (χ3v) is 3.06. The molecule has 1 amide bonds. The number of aromatic nitrogens is 2. The molecule has 0 radical (unpaired) electrons. The highest BCUT2D eigenvalue weighted by molar-refractivity contribution is 5.92. The van der Waals surface area contributed by atoms with Gasteiger partial charge in [-0.1, -0.05) is 6.07 Å². The van der Waals surface area contributed by atoms with Gasteiger partial charge in [0.05, 0.1) is 7.11 Å². The Kier molecular flexibility index (Phi) is 5.51. The lowest BCUT2D eigenvalue weighted by Crippen LogP contribution is -2.25. The Morgan fingerprint density at radius 1 is 1.43 bits per heavy atom. The molecule has 2 aromatic rings. The first-order chi connectivity index (χ1) is 11.1. The zero-order chi connectivity index (χ0) is 16.7. The Bertz CT molecular complexity index is 708. The summed E-state index contributed by atoms with van der Waals surface area (Å²) >= 11 is 0. The number of hydrogen-bond acceptors (Lipinski definition) is 5. The molecule has 1 heterocycles. The van der Waals surface area contributed by atoms with Crippen LogP contribution in [0.4, 0.5) is 0 Å². The highest BCUT2D eigenvalue weighted by atomic mass is 16.5. The third-order valence-electron chi connectivity index (χ3n) is 3.06. The second kappa shape index (κ2) is 7.79. The molecular weight excluding hydrogens is 298 g/mol. The first-order valence-electron chi connectivity index (χ1n) is 6.94. The van der Waals surface area contributed by atoms with Crippen molar-refractivity contribution < 1.29 is 19.4 Å². The van der Waals surface area contributed by atoms with Crippen molar-refractivity contribution in [3.63, 3.8) is 0 Å². The summed E-state index contributed by atoms with van der Waals surface area (Å²) in [7, 11) is 1.45. The molecule has 0 aliphatic rings. The number of amides is 1. The second-order valence-corrected chi connectivity index (χ2v) is 4.67. The lowest BCUT2D eigenvalue weighted by Gasteiger charge is -2.04. The fourth-order valence-corrected chi connectivity index (χ4v) is 1.86. The van der Waals surface area contributed by atoms with Crippen LogP contribution < -0.4 is 10.1 Å². The number of nitrogens with one attached hydrogen (secondary N) is 1. The van der Waals surface area contributed by atoms with E-state index < -0.39 is 0 Å². The SMILES string of the molecule is COc1cc(C=CC(=O)NCCC(=O)n2ccnc2)ccc1O. The van der Waals surface area contributed by atoms with Crippen LogP contribution in [0, 0.1) is 0 Å². The lowest BCUT2D eigenvalue weighted by atomic mass is 10.2. The van der Waals surface area contributed by atoms with Crippen LogP contribution in [0.25, 0.3) is 6.08 Å². The van der Waals surface area contributed by atoms with Crippen LogP contribution in [0.15, 0.2) is 43.0 Å². The molecule has 120 valence electrons.